The molecule has 1 N–H and O–H groups in total. The highest BCUT2D eigenvalue weighted by Crippen LogP contribution is 2.36. The van der Waals surface area contributed by atoms with E-state index in [1.807, 2.05) is 24.3 Å². The molecule has 2 unspecified atom stereocenters. The summed E-state index contributed by atoms with van der Waals surface area (Å²) in [6.45, 7) is 4.99. The van der Waals surface area contributed by atoms with Crippen molar-refractivity contribution in [2.45, 2.75) is 32.4 Å². The summed E-state index contributed by atoms with van der Waals surface area (Å²) in [6.07, 6.45) is -0.661. The van der Waals surface area contributed by atoms with E-state index in [-0.39, 0.29) is 18.3 Å². The predicted molar refractivity (Wildman–Crippen MR) is 115 cm³/mol. The smallest absolute Gasteiger partial charge is 0.371 e. The number of nitrogens with zero attached hydrogens (tertiary/aromatic N) is 3. The second-order valence-corrected chi connectivity index (χ2v) is 8.53. The third kappa shape index (κ3) is 4.94. The molecular weight excluding hydrogens is 405 g/mol. The lowest BCUT2D eigenvalue weighted by atomic mass is 9.96. The van der Waals surface area contributed by atoms with E-state index in [1.165, 1.54) is 18.7 Å². The van der Waals surface area contributed by atoms with Gasteiger partial charge in [-0.2, -0.15) is 13.2 Å². The number of hydrogen-bond donors (Lipinski definition) is 1. The van der Waals surface area contributed by atoms with Gasteiger partial charge < -0.3 is 15.1 Å². The molecule has 2 atom stereocenters. The highest BCUT2D eigenvalue weighted by molar-refractivity contribution is 5.93. The van der Waals surface area contributed by atoms with Crippen LogP contribution >= 0.6 is 0 Å². The molecule has 2 aromatic rings. The Balaban J connectivity index is 1.41. The molecule has 31 heavy (non-hydrogen) atoms. The van der Waals surface area contributed by atoms with E-state index in [1.54, 1.807) is 4.90 Å². The molecule has 0 spiro atoms. The van der Waals surface area contributed by atoms with Crippen molar-refractivity contribution in [3.05, 3.63) is 48.2 Å². The van der Waals surface area contributed by atoms with Gasteiger partial charge in [0.25, 0.3) is 0 Å². The SMILES string of the molecule is CC1CCN(c2ccc(NC(=O)C3CCCN(c4ncccc4C(F)(F)F)C3)cc2)C1. The van der Waals surface area contributed by atoms with Crippen LogP contribution in [0.3, 0.4) is 0 Å². The van der Waals surface area contributed by atoms with E-state index in [9.17, 15) is 18.0 Å². The molecule has 2 saturated heterocycles. The van der Waals surface area contributed by atoms with E-state index in [4.69, 9.17) is 0 Å². The Morgan fingerprint density at radius 3 is 2.52 bits per heavy atom. The van der Waals surface area contributed by atoms with Gasteiger partial charge in [0.2, 0.25) is 5.91 Å². The van der Waals surface area contributed by atoms with Crippen molar-refractivity contribution < 1.29 is 18.0 Å². The van der Waals surface area contributed by atoms with Crippen LogP contribution in [-0.2, 0) is 11.0 Å². The molecule has 0 radical (unpaired) electrons. The number of hydrogen-bond acceptors (Lipinski definition) is 4. The Hall–Kier alpha value is -2.77. The maximum absolute atomic E-state index is 13.4. The zero-order chi connectivity index (χ0) is 22.0. The molecule has 8 heteroatoms. The number of benzene rings is 1. The van der Waals surface area contributed by atoms with Gasteiger partial charge in [0.05, 0.1) is 11.5 Å². The van der Waals surface area contributed by atoms with E-state index in [0.29, 0.717) is 31.0 Å². The lowest BCUT2D eigenvalue weighted by Gasteiger charge is -2.34. The number of piperidine rings is 1. The first kappa shape index (κ1) is 21.5. The minimum Gasteiger partial charge on any atom is -0.371 e. The van der Waals surface area contributed by atoms with E-state index >= 15 is 0 Å². The van der Waals surface area contributed by atoms with Gasteiger partial charge >= 0.3 is 6.18 Å². The summed E-state index contributed by atoms with van der Waals surface area (Å²) in [7, 11) is 0. The van der Waals surface area contributed by atoms with Crippen molar-refractivity contribution in [2.75, 3.05) is 41.3 Å². The lowest BCUT2D eigenvalue weighted by molar-refractivity contribution is -0.137. The van der Waals surface area contributed by atoms with E-state index in [0.717, 1.165) is 24.8 Å². The van der Waals surface area contributed by atoms with Crippen LogP contribution in [0.15, 0.2) is 42.6 Å². The van der Waals surface area contributed by atoms with Gasteiger partial charge in [-0.25, -0.2) is 4.98 Å². The van der Waals surface area contributed by atoms with Crippen molar-refractivity contribution in [3.8, 4) is 0 Å². The van der Waals surface area contributed by atoms with Crippen LogP contribution in [0.2, 0.25) is 0 Å². The molecule has 1 amide bonds. The monoisotopic (exact) mass is 432 g/mol. The quantitative estimate of drug-likeness (QED) is 0.754. The molecule has 2 aliphatic heterocycles. The maximum atomic E-state index is 13.4. The summed E-state index contributed by atoms with van der Waals surface area (Å²) in [6, 6.07) is 10.1. The zero-order valence-electron chi connectivity index (χ0n) is 17.5. The summed E-state index contributed by atoms with van der Waals surface area (Å²) in [5.41, 5.74) is 1.08. The number of carbonyl (C=O) groups is 1. The Morgan fingerprint density at radius 1 is 1.06 bits per heavy atom. The standard InChI is InChI=1S/C23H27F3N4O/c1-16-10-13-29(14-16)19-8-6-18(7-9-19)28-22(31)17-4-3-12-30(15-17)21-20(23(24,25)26)5-2-11-27-21/h2,5-9,11,16-17H,3-4,10,12-15H2,1H3,(H,28,31). The molecule has 0 saturated carbocycles. The van der Waals surface area contributed by atoms with Gasteiger partial charge in [0.1, 0.15) is 5.82 Å². The topological polar surface area (TPSA) is 48.5 Å². The average Bonchev–Trinajstić information content (AvgIpc) is 3.20. The molecule has 2 fully saturated rings. The molecule has 1 aromatic carbocycles. The Morgan fingerprint density at radius 2 is 1.84 bits per heavy atom. The average molecular weight is 432 g/mol. The molecule has 166 valence electrons. The number of anilines is 3. The summed E-state index contributed by atoms with van der Waals surface area (Å²) in [5.74, 6) is 0.0231. The fraction of sp³-hybridized carbons (Fsp3) is 0.478. The largest absolute Gasteiger partial charge is 0.419 e. The number of amides is 1. The van der Waals surface area contributed by atoms with Gasteiger partial charge in [0.15, 0.2) is 0 Å². The first-order chi connectivity index (χ1) is 14.8. The second-order valence-electron chi connectivity index (χ2n) is 8.53. The van der Waals surface area contributed by atoms with Crippen LogP contribution in [0.25, 0.3) is 0 Å². The first-order valence-corrected chi connectivity index (χ1v) is 10.7. The molecule has 1 aromatic heterocycles. The van der Waals surface area contributed by atoms with E-state index in [2.05, 4.69) is 22.1 Å². The molecule has 2 aliphatic rings. The van der Waals surface area contributed by atoms with E-state index < -0.39 is 17.7 Å². The van der Waals surface area contributed by atoms with Crippen LogP contribution in [0.5, 0.6) is 0 Å². The van der Waals surface area contributed by atoms with Gasteiger partial charge in [-0.05, 0) is 61.6 Å². The predicted octanol–water partition coefficient (Wildman–Crippen LogP) is 4.80. The van der Waals surface area contributed by atoms with Crippen LogP contribution in [0.4, 0.5) is 30.4 Å². The summed E-state index contributed by atoms with van der Waals surface area (Å²) in [4.78, 5) is 20.7. The van der Waals surface area contributed by atoms with Crippen molar-refractivity contribution in [2.24, 2.45) is 11.8 Å². The van der Waals surface area contributed by atoms with Gasteiger partial charge in [-0.3, -0.25) is 4.79 Å². The third-order valence-electron chi connectivity index (χ3n) is 6.11. The van der Waals surface area contributed by atoms with Gasteiger partial charge in [-0.1, -0.05) is 6.92 Å². The van der Waals surface area contributed by atoms with Crippen LogP contribution in [0.1, 0.15) is 31.7 Å². The van der Waals surface area contributed by atoms with Crippen molar-refractivity contribution in [1.29, 1.82) is 0 Å². The first-order valence-electron chi connectivity index (χ1n) is 10.7. The number of alkyl halides is 3. The summed E-state index contributed by atoms with van der Waals surface area (Å²) < 4.78 is 40.1. The molecule has 0 aliphatic carbocycles. The fourth-order valence-electron chi connectivity index (χ4n) is 4.42. The minimum absolute atomic E-state index is 0.100. The normalized spacial score (nSPS) is 21.9. The third-order valence-corrected chi connectivity index (χ3v) is 6.11. The van der Waals surface area contributed by atoms with Crippen LogP contribution < -0.4 is 15.1 Å². The molecular formula is C23H27F3N4O. The fourth-order valence-corrected chi connectivity index (χ4v) is 4.42. The Bertz CT molecular complexity index is 916. The number of carbonyl (C=O) groups excluding carboxylic acids is 1. The number of nitrogens with one attached hydrogen (secondary N) is 1. The highest BCUT2D eigenvalue weighted by atomic mass is 19.4. The van der Waals surface area contributed by atoms with Crippen LogP contribution in [0, 0.1) is 11.8 Å². The molecule has 0 bridgehead atoms. The van der Waals surface area contributed by atoms with Gasteiger partial charge in [-0.15, -0.1) is 0 Å². The molecule has 3 heterocycles. The molecule has 5 nitrogen and oxygen atoms in total. The summed E-state index contributed by atoms with van der Waals surface area (Å²) in [5, 5.41) is 2.93. The number of rotatable bonds is 4. The maximum Gasteiger partial charge on any atom is 0.419 e. The Kier molecular flexibility index (Phi) is 6.07. The van der Waals surface area contributed by atoms with Crippen LogP contribution in [-0.4, -0.2) is 37.1 Å². The zero-order valence-corrected chi connectivity index (χ0v) is 17.5. The van der Waals surface area contributed by atoms with Gasteiger partial charge in [0, 0.05) is 43.8 Å². The van der Waals surface area contributed by atoms with Crippen molar-refractivity contribution >= 4 is 23.1 Å². The Labute approximate surface area is 180 Å². The highest BCUT2D eigenvalue weighted by Gasteiger charge is 2.37. The summed E-state index contributed by atoms with van der Waals surface area (Å²) >= 11 is 0. The number of aromatic nitrogens is 1. The number of pyridine rings is 1. The van der Waals surface area contributed by atoms with Crippen molar-refractivity contribution in [3.63, 3.8) is 0 Å². The molecule has 4 rings (SSSR count). The lowest BCUT2D eigenvalue weighted by Crippen LogP contribution is -2.42. The van der Waals surface area contributed by atoms with Crippen molar-refractivity contribution in [1.82, 2.24) is 4.98 Å². The minimum atomic E-state index is -4.48. The second kappa shape index (κ2) is 8.77. The number of halogens is 3.